The number of hydrogen-bond donors (Lipinski definition) is 0. The van der Waals surface area contributed by atoms with Crippen LogP contribution in [0.15, 0.2) is 60.5 Å². The summed E-state index contributed by atoms with van der Waals surface area (Å²) in [5.74, 6) is 1.31. The largest absolute Gasteiger partial charge is 0.493 e. The van der Waals surface area contributed by atoms with Crippen LogP contribution in [0.4, 0.5) is 0 Å². The van der Waals surface area contributed by atoms with Crippen molar-refractivity contribution in [1.29, 1.82) is 0 Å². The number of pyridine rings is 1. The Labute approximate surface area is 163 Å². The maximum Gasteiger partial charge on any atom is 0.266 e. The lowest BCUT2D eigenvalue weighted by molar-refractivity contribution is 0.0734. The van der Waals surface area contributed by atoms with E-state index in [1.165, 1.54) is 11.3 Å². The number of carbonyl (C=O) groups excluding carboxylic acids is 1. The molecule has 0 N–H and O–H groups in total. The van der Waals surface area contributed by atoms with Crippen molar-refractivity contribution in [1.82, 2.24) is 14.9 Å². The minimum atomic E-state index is -0.0190. The minimum Gasteiger partial charge on any atom is -0.493 e. The van der Waals surface area contributed by atoms with Gasteiger partial charge in [-0.2, -0.15) is 0 Å². The summed E-state index contributed by atoms with van der Waals surface area (Å²) in [6.07, 6.45) is 5.10. The van der Waals surface area contributed by atoms with Crippen molar-refractivity contribution < 1.29 is 9.53 Å². The van der Waals surface area contributed by atoms with Gasteiger partial charge in [-0.25, -0.2) is 0 Å². The zero-order chi connectivity index (χ0) is 19.1. The van der Waals surface area contributed by atoms with Crippen LogP contribution in [0.2, 0.25) is 0 Å². The molecular formula is C21H23N3O2S. The van der Waals surface area contributed by atoms with E-state index >= 15 is 0 Å². The van der Waals surface area contributed by atoms with Crippen molar-refractivity contribution in [3.05, 3.63) is 76.5 Å². The van der Waals surface area contributed by atoms with E-state index in [-0.39, 0.29) is 5.91 Å². The summed E-state index contributed by atoms with van der Waals surface area (Å²) in [5, 5.41) is 0. The lowest BCUT2D eigenvalue weighted by atomic mass is 10.1. The molecule has 140 valence electrons. The van der Waals surface area contributed by atoms with Gasteiger partial charge < -0.3 is 9.64 Å². The second-order valence-electron chi connectivity index (χ2n) is 6.73. The molecule has 3 aromatic rings. The Hall–Kier alpha value is -2.73. The normalized spacial score (nSPS) is 10.8. The number of benzene rings is 1. The molecule has 0 spiro atoms. The van der Waals surface area contributed by atoms with E-state index in [4.69, 9.17) is 4.74 Å². The molecule has 0 fully saturated rings. The van der Waals surface area contributed by atoms with Gasteiger partial charge in [0.15, 0.2) is 0 Å². The number of thiazole rings is 1. The number of nitrogens with zero attached hydrogens (tertiary/aromatic N) is 3. The van der Waals surface area contributed by atoms with Crippen LogP contribution >= 0.6 is 11.3 Å². The van der Waals surface area contributed by atoms with Crippen molar-refractivity contribution in [3.8, 4) is 5.75 Å². The van der Waals surface area contributed by atoms with Gasteiger partial charge >= 0.3 is 0 Å². The van der Waals surface area contributed by atoms with Crippen LogP contribution in [0.1, 0.15) is 34.6 Å². The van der Waals surface area contributed by atoms with Gasteiger partial charge in [-0.05, 0) is 41.3 Å². The summed E-state index contributed by atoms with van der Waals surface area (Å²) in [7, 11) is 0. The summed E-state index contributed by atoms with van der Waals surface area (Å²) in [6.45, 7) is 5.97. The van der Waals surface area contributed by atoms with Gasteiger partial charge in [0.05, 0.1) is 18.3 Å². The lowest BCUT2D eigenvalue weighted by Crippen LogP contribution is -2.29. The molecule has 0 saturated carbocycles. The van der Waals surface area contributed by atoms with Crippen LogP contribution in [0.25, 0.3) is 0 Å². The highest BCUT2D eigenvalue weighted by Gasteiger charge is 2.18. The molecule has 0 saturated heterocycles. The zero-order valence-corrected chi connectivity index (χ0v) is 16.4. The third-order valence-electron chi connectivity index (χ3n) is 3.93. The van der Waals surface area contributed by atoms with Crippen molar-refractivity contribution in [3.63, 3.8) is 0 Å². The molecule has 6 heteroatoms. The molecule has 0 aliphatic heterocycles. The highest BCUT2D eigenvalue weighted by Crippen LogP contribution is 2.19. The fourth-order valence-electron chi connectivity index (χ4n) is 2.56. The number of carbonyl (C=O) groups is 1. The number of hydrogen-bond acceptors (Lipinski definition) is 5. The maximum atomic E-state index is 12.9. The van der Waals surface area contributed by atoms with E-state index in [1.54, 1.807) is 24.1 Å². The lowest BCUT2D eigenvalue weighted by Gasteiger charge is -2.22. The predicted molar refractivity (Wildman–Crippen MR) is 107 cm³/mol. The van der Waals surface area contributed by atoms with Gasteiger partial charge in [0, 0.05) is 25.5 Å². The molecule has 3 rings (SSSR count). The van der Waals surface area contributed by atoms with E-state index in [0.717, 1.165) is 16.9 Å². The first-order valence-corrected chi connectivity index (χ1v) is 9.78. The first kappa shape index (κ1) is 19.0. The number of aromatic nitrogens is 2. The van der Waals surface area contributed by atoms with Crippen LogP contribution in [-0.2, 0) is 13.1 Å². The van der Waals surface area contributed by atoms with Crippen molar-refractivity contribution in [2.45, 2.75) is 26.9 Å². The summed E-state index contributed by atoms with van der Waals surface area (Å²) < 4.78 is 5.74. The summed E-state index contributed by atoms with van der Waals surface area (Å²) in [6, 6.07) is 11.8. The Balaban J connectivity index is 1.73. The molecule has 27 heavy (non-hydrogen) atoms. The van der Waals surface area contributed by atoms with Crippen LogP contribution in [-0.4, -0.2) is 27.4 Å². The Morgan fingerprint density at radius 2 is 1.70 bits per heavy atom. The number of rotatable bonds is 8. The Morgan fingerprint density at radius 1 is 1.04 bits per heavy atom. The summed E-state index contributed by atoms with van der Waals surface area (Å²) in [4.78, 5) is 23.5. The SMILES string of the molecule is CC(C)COc1ccc(CN(Cc2ccncc2)C(=O)c2cncs2)cc1. The van der Waals surface area contributed by atoms with Gasteiger partial charge in [-0.3, -0.25) is 14.8 Å². The molecule has 2 heterocycles. The minimum absolute atomic E-state index is 0.0190. The predicted octanol–water partition coefficient (Wildman–Crippen LogP) is 4.42. The van der Waals surface area contributed by atoms with Crippen molar-refractivity contribution in [2.24, 2.45) is 5.92 Å². The maximum absolute atomic E-state index is 12.9. The van der Waals surface area contributed by atoms with Crippen molar-refractivity contribution in [2.75, 3.05) is 6.61 Å². The van der Waals surface area contributed by atoms with E-state index in [0.29, 0.717) is 30.5 Å². The molecule has 0 atom stereocenters. The first-order chi connectivity index (χ1) is 13.1. The summed E-state index contributed by atoms with van der Waals surface area (Å²) in [5.41, 5.74) is 3.78. The van der Waals surface area contributed by atoms with E-state index in [9.17, 15) is 4.79 Å². The third kappa shape index (κ3) is 5.62. The fourth-order valence-corrected chi connectivity index (χ4v) is 3.15. The molecule has 0 aliphatic carbocycles. The van der Waals surface area contributed by atoms with Gasteiger partial charge in [0.1, 0.15) is 10.6 Å². The Bertz CT molecular complexity index is 834. The van der Waals surface area contributed by atoms with Crippen molar-refractivity contribution >= 4 is 17.2 Å². The molecule has 2 aromatic heterocycles. The monoisotopic (exact) mass is 381 g/mol. The van der Waals surface area contributed by atoms with E-state index in [2.05, 4.69) is 23.8 Å². The van der Waals surface area contributed by atoms with Gasteiger partial charge in [0.2, 0.25) is 0 Å². The highest BCUT2D eigenvalue weighted by atomic mass is 32.1. The van der Waals surface area contributed by atoms with E-state index < -0.39 is 0 Å². The summed E-state index contributed by atoms with van der Waals surface area (Å²) >= 11 is 1.36. The second-order valence-corrected chi connectivity index (χ2v) is 7.62. The van der Waals surface area contributed by atoms with Crippen LogP contribution in [0.3, 0.4) is 0 Å². The van der Waals surface area contributed by atoms with Gasteiger partial charge in [-0.15, -0.1) is 11.3 Å². The molecule has 1 amide bonds. The average Bonchev–Trinajstić information content (AvgIpc) is 3.22. The van der Waals surface area contributed by atoms with Crippen LogP contribution < -0.4 is 4.74 Å². The molecule has 0 radical (unpaired) electrons. The molecular weight excluding hydrogens is 358 g/mol. The van der Waals surface area contributed by atoms with Crippen LogP contribution in [0.5, 0.6) is 5.75 Å². The third-order valence-corrected chi connectivity index (χ3v) is 4.69. The molecule has 0 aliphatic rings. The average molecular weight is 382 g/mol. The number of amides is 1. The zero-order valence-electron chi connectivity index (χ0n) is 15.5. The van der Waals surface area contributed by atoms with Gasteiger partial charge in [-0.1, -0.05) is 26.0 Å². The van der Waals surface area contributed by atoms with Gasteiger partial charge in [0.25, 0.3) is 5.91 Å². The topological polar surface area (TPSA) is 55.3 Å². The van der Waals surface area contributed by atoms with Crippen LogP contribution in [0, 0.1) is 5.92 Å². The Morgan fingerprint density at radius 3 is 2.30 bits per heavy atom. The first-order valence-electron chi connectivity index (χ1n) is 8.90. The Kier molecular flexibility index (Phi) is 6.54. The molecule has 1 aromatic carbocycles. The smallest absolute Gasteiger partial charge is 0.266 e. The standard InChI is InChI=1S/C21H23N3O2S/c1-16(2)14-26-19-5-3-17(4-6-19)12-24(13-18-7-9-22-10-8-18)21(25)20-11-23-15-27-20/h3-11,15-16H,12-14H2,1-2H3. The molecule has 0 bridgehead atoms. The van der Waals surface area contributed by atoms with E-state index in [1.807, 2.05) is 41.3 Å². The molecule has 0 unspecified atom stereocenters. The number of ether oxygens (including phenoxy) is 1. The fraction of sp³-hybridized carbons (Fsp3) is 0.286. The quantitative estimate of drug-likeness (QED) is 0.580. The highest BCUT2D eigenvalue weighted by molar-refractivity contribution is 7.11. The molecule has 5 nitrogen and oxygen atoms in total. The second kappa shape index (κ2) is 9.28.